The van der Waals surface area contributed by atoms with Crippen LogP contribution in [0.15, 0.2) is 36.4 Å². The molecule has 2 amide bonds. The van der Waals surface area contributed by atoms with Crippen LogP contribution in [0.4, 0.5) is 5.69 Å². The van der Waals surface area contributed by atoms with E-state index in [4.69, 9.17) is 4.74 Å². The van der Waals surface area contributed by atoms with Crippen molar-refractivity contribution in [1.29, 1.82) is 0 Å². The van der Waals surface area contributed by atoms with Crippen LogP contribution in [0.25, 0.3) is 0 Å². The molecular formula is C19H21N3O3S. The first-order chi connectivity index (χ1) is 12.6. The maximum absolute atomic E-state index is 12.6. The molecule has 0 saturated heterocycles. The summed E-state index contributed by atoms with van der Waals surface area (Å²) in [5.41, 5.74) is 3.88. The van der Waals surface area contributed by atoms with Crippen molar-refractivity contribution in [2.75, 3.05) is 19.1 Å². The Bertz CT molecular complexity index is 842. The van der Waals surface area contributed by atoms with Crippen molar-refractivity contribution >= 4 is 28.8 Å². The van der Waals surface area contributed by atoms with E-state index in [1.807, 2.05) is 5.51 Å². The van der Waals surface area contributed by atoms with Crippen LogP contribution in [-0.4, -0.2) is 31.0 Å². The lowest BCUT2D eigenvalue weighted by Gasteiger charge is -2.24. The smallest absolute Gasteiger partial charge is 0.251 e. The van der Waals surface area contributed by atoms with E-state index in [2.05, 4.69) is 16.9 Å². The average Bonchev–Trinajstić information content (AvgIpc) is 3.42. The Hall–Kier alpha value is -2.67. The minimum atomic E-state index is -0.257. The van der Waals surface area contributed by atoms with Crippen molar-refractivity contribution in [3.8, 4) is 5.75 Å². The molecule has 2 aromatic rings. The number of thiazole rings is 1. The molecule has 0 bridgehead atoms. The molecule has 26 heavy (non-hydrogen) atoms. The number of ether oxygens (including phenoxy) is 1. The molecule has 7 heteroatoms. The molecule has 1 aromatic heterocycles. The van der Waals surface area contributed by atoms with Gasteiger partial charge in [0.2, 0.25) is 0 Å². The van der Waals surface area contributed by atoms with Gasteiger partial charge in [-0.15, -0.1) is 11.3 Å². The van der Waals surface area contributed by atoms with Crippen LogP contribution >= 0.6 is 11.3 Å². The molecule has 0 aliphatic heterocycles. The number of nitrogens with zero attached hydrogens (tertiary/aromatic N) is 2. The van der Waals surface area contributed by atoms with Crippen LogP contribution in [0.5, 0.6) is 5.75 Å². The van der Waals surface area contributed by atoms with E-state index in [1.165, 1.54) is 24.5 Å². The van der Waals surface area contributed by atoms with Gasteiger partial charge in [-0.05, 0) is 37.1 Å². The van der Waals surface area contributed by atoms with Gasteiger partial charge in [0.25, 0.3) is 11.8 Å². The van der Waals surface area contributed by atoms with Crippen molar-refractivity contribution in [1.82, 2.24) is 10.3 Å². The molecule has 1 heterocycles. The minimum absolute atomic E-state index is 0.226. The number of aromatic nitrogens is 1. The van der Waals surface area contributed by atoms with Crippen molar-refractivity contribution in [2.24, 2.45) is 0 Å². The largest absolute Gasteiger partial charge is 0.495 e. The Kier molecular flexibility index (Phi) is 5.37. The molecule has 1 N–H and O–H groups in total. The lowest BCUT2D eigenvalue weighted by Crippen LogP contribution is -2.29. The maximum Gasteiger partial charge on any atom is 0.251 e. The first kappa shape index (κ1) is 18.1. The van der Waals surface area contributed by atoms with Gasteiger partial charge in [0.1, 0.15) is 5.75 Å². The zero-order valence-corrected chi connectivity index (χ0v) is 15.6. The van der Waals surface area contributed by atoms with Gasteiger partial charge in [0.15, 0.2) is 0 Å². The molecule has 0 unspecified atom stereocenters. The number of methoxy groups -OCH3 is 1. The number of benzene rings is 1. The van der Waals surface area contributed by atoms with Crippen molar-refractivity contribution < 1.29 is 14.3 Å². The third-order valence-corrected chi connectivity index (χ3v) is 5.17. The highest BCUT2D eigenvalue weighted by Gasteiger charge is 2.30. The van der Waals surface area contributed by atoms with E-state index >= 15 is 0 Å². The molecule has 136 valence electrons. The van der Waals surface area contributed by atoms with Gasteiger partial charge in [-0.2, -0.15) is 0 Å². The highest BCUT2D eigenvalue weighted by molar-refractivity contribution is 7.09. The van der Waals surface area contributed by atoms with Gasteiger partial charge in [0.05, 0.1) is 30.5 Å². The van der Waals surface area contributed by atoms with Crippen molar-refractivity contribution in [3.05, 3.63) is 52.5 Å². The molecule has 0 radical (unpaired) electrons. The summed E-state index contributed by atoms with van der Waals surface area (Å²) in [7, 11) is 3.11. The van der Waals surface area contributed by atoms with E-state index in [0.717, 1.165) is 23.4 Å². The molecular weight excluding hydrogens is 350 g/mol. The second-order valence-electron chi connectivity index (χ2n) is 6.03. The Morgan fingerprint density at radius 1 is 1.46 bits per heavy atom. The summed E-state index contributed by atoms with van der Waals surface area (Å²) < 4.78 is 5.43. The fraction of sp³-hybridized carbons (Fsp3) is 0.316. The Balaban J connectivity index is 2.01. The van der Waals surface area contributed by atoms with Gasteiger partial charge in [0, 0.05) is 23.4 Å². The van der Waals surface area contributed by atoms with Crippen LogP contribution in [0.3, 0.4) is 0 Å². The standard InChI is InChI=1S/C19H21N3O3S/c1-4-17(23)22(10-16-18(12-5-6-12)21-11-26-16)14-9-13(19(24)20-2)7-8-15(14)25-3/h4,7-9,11-12H,1,5-6,10H2,2-3H3,(H,20,24). The molecule has 1 aliphatic carbocycles. The molecule has 1 fully saturated rings. The van der Waals surface area contributed by atoms with Crippen LogP contribution in [0, 0.1) is 0 Å². The van der Waals surface area contributed by atoms with Crippen LogP contribution in [0.1, 0.15) is 39.7 Å². The van der Waals surface area contributed by atoms with Gasteiger partial charge >= 0.3 is 0 Å². The van der Waals surface area contributed by atoms with Gasteiger partial charge < -0.3 is 15.0 Å². The molecule has 0 atom stereocenters. The van der Waals surface area contributed by atoms with Crippen LogP contribution in [-0.2, 0) is 11.3 Å². The number of carbonyl (C=O) groups excluding carboxylic acids is 2. The highest BCUT2D eigenvalue weighted by atomic mass is 32.1. The lowest BCUT2D eigenvalue weighted by atomic mass is 10.1. The molecule has 1 aromatic carbocycles. The fourth-order valence-electron chi connectivity index (χ4n) is 2.81. The first-order valence-corrected chi connectivity index (χ1v) is 9.23. The SMILES string of the molecule is C=CC(=O)N(Cc1scnc1C1CC1)c1cc(C(=O)NC)ccc1OC. The number of amides is 2. The first-order valence-electron chi connectivity index (χ1n) is 8.35. The fourth-order valence-corrected chi connectivity index (χ4v) is 3.65. The summed E-state index contributed by atoms with van der Waals surface area (Å²) >= 11 is 1.54. The second kappa shape index (κ2) is 7.70. The number of hydrogen-bond donors (Lipinski definition) is 1. The van der Waals surface area contributed by atoms with E-state index < -0.39 is 0 Å². The van der Waals surface area contributed by atoms with Crippen LogP contribution < -0.4 is 15.0 Å². The average molecular weight is 371 g/mol. The van der Waals surface area contributed by atoms with Gasteiger partial charge in [-0.25, -0.2) is 4.98 Å². The zero-order chi connectivity index (χ0) is 18.7. The molecule has 1 saturated carbocycles. The second-order valence-corrected chi connectivity index (χ2v) is 6.97. The predicted octanol–water partition coefficient (Wildman–Crippen LogP) is 3.11. The monoisotopic (exact) mass is 371 g/mol. The molecule has 6 nitrogen and oxygen atoms in total. The quantitative estimate of drug-likeness (QED) is 0.759. The maximum atomic E-state index is 12.6. The topological polar surface area (TPSA) is 71.5 Å². The Morgan fingerprint density at radius 2 is 2.23 bits per heavy atom. The summed E-state index contributed by atoms with van der Waals surface area (Å²) in [5, 5.41) is 2.59. The van der Waals surface area contributed by atoms with E-state index in [-0.39, 0.29) is 11.8 Å². The van der Waals surface area contributed by atoms with Crippen LogP contribution in [0.2, 0.25) is 0 Å². The van der Waals surface area contributed by atoms with E-state index in [9.17, 15) is 9.59 Å². The molecule has 3 rings (SSSR count). The number of hydrogen-bond acceptors (Lipinski definition) is 5. The lowest BCUT2D eigenvalue weighted by molar-refractivity contribution is -0.114. The normalized spacial score (nSPS) is 13.2. The Labute approximate surface area is 156 Å². The third-order valence-electron chi connectivity index (χ3n) is 4.34. The number of carbonyl (C=O) groups is 2. The van der Waals surface area contributed by atoms with Crippen molar-refractivity contribution in [2.45, 2.75) is 25.3 Å². The number of rotatable bonds is 7. The summed E-state index contributed by atoms with van der Waals surface area (Å²) in [5.74, 6) is 0.533. The van der Waals surface area contributed by atoms with Gasteiger partial charge in [-0.3, -0.25) is 9.59 Å². The van der Waals surface area contributed by atoms with E-state index in [0.29, 0.717) is 29.5 Å². The summed E-state index contributed by atoms with van der Waals surface area (Å²) in [6, 6.07) is 5.02. The van der Waals surface area contributed by atoms with E-state index in [1.54, 1.807) is 30.1 Å². The summed E-state index contributed by atoms with van der Waals surface area (Å²) in [4.78, 5) is 31.7. The summed E-state index contributed by atoms with van der Waals surface area (Å²) in [6.07, 6.45) is 3.55. The van der Waals surface area contributed by atoms with Crippen molar-refractivity contribution in [3.63, 3.8) is 0 Å². The third kappa shape index (κ3) is 3.62. The summed E-state index contributed by atoms with van der Waals surface area (Å²) in [6.45, 7) is 3.98. The molecule has 0 spiro atoms. The van der Waals surface area contributed by atoms with Gasteiger partial charge in [-0.1, -0.05) is 6.58 Å². The Morgan fingerprint density at radius 3 is 2.85 bits per heavy atom. The zero-order valence-electron chi connectivity index (χ0n) is 14.8. The number of anilines is 1. The minimum Gasteiger partial charge on any atom is -0.495 e. The highest BCUT2D eigenvalue weighted by Crippen LogP contribution is 2.42. The predicted molar refractivity (Wildman–Crippen MR) is 102 cm³/mol. The molecule has 1 aliphatic rings. The number of nitrogens with one attached hydrogen (secondary N) is 1.